The van der Waals surface area contributed by atoms with Gasteiger partial charge in [-0.2, -0.15) is 0 Å². The summed E-state index contributed by atoms with van der Waals surface area (Å²) < 4.78 is 10.5. The van der Waals surface area contributed by atoms with Gasteiger partial charge in [0.25, 0.3) is 0 Å². The summed E-state index contributed by atoms with van der Waals surface area (Å²) in [6.45, 7) is 0.484. The van der Waals surface area contributed by atoms with Crippen molar-refractivity contribution in [1.29, 1.82) is 0 Å². The average molecular weight is 422 g/mol. The summed E-state index contributed by atoms with van der Waals surface area (Å²) in [5, 5.41) is 18.0. The van der Waals surface area contributed by atoms with E-state index in [4.69, 9.17) is 9.47 Å². The number of carbonyl (C=O) groups is 2. The molecule has 0 heterocycles. The highest BCUT2D eigenvalue weighted by Gasteiger charge is 2.18. The summed E-state index contributed by atoms with van der Waals surface area (Å²) in [5.74, 6) is -0.382. The predicted octanol–water partition coefficient (Wildman–Crippen LogP) is 1.11. The predicted molar refractivity (Wildman–Crippen MR) is 116 cm³/mol. The van der Waals surface area contributed by atoms with Crippen molar-refractivity contribution >= 4 is 28.3 Å². The Balaban J connectivity index is 1.55. The quantitative estimate of drug-likeness (QED) is 0.509. The SMILES string of the molecule is COc1ccc(CC[NH2+][C@H](CC(=O)Nc2ccc3ccccc3c2)C(=O)[O-])cc1OC. The molecule has 0 saturated heterocycles. The molecule has 0 bridgehead atoms. The van der Waals surface area contributed by atoms with Crippen molar-refractivity contribution in [3.63, 3.8) is 0 Å². The number of rotatable bonds is 10. The van der Waals surface area contributed by atoms with Gasteiger partial charge >= 0.3 is 0 Å². The lowest BCUT2D eigenvalue weighted by atomic mass is 10.1. The first-order valence-electron chi connectivity index (χ1n) is 10.0. The molecule has 0 aliphatic carbocycles. The number of aliphatic carboxylic acids is 1. The Bertz CT molecular complexity index is 1070. The zero-order chi connectivity index (χ0) is 22.2. The Labute approximate surface area is 181 Å². The van der Waals surface area contributed by atoms with E-state index in [0.717, 1.165) is 16.3 Å². The Morgan fingerprint density at radius 1 is 0.968 bits per heavy atom. The number of carbonyl (C=O) groups excluding carboxylic acids is 2. The highest BCUT2D eigenvalue weighted by atomic mass is 16.5. The Hall–Kier alpha value is -3.58. The van der Waals surface area contributed by atoms with E-state index < -0.39 is 12.0 Å². The molecular formula is C24H26N2O5. The average Bonchev–Trinajstić information content (AvgIpc) is 2.78. The zero-order valence-electron chi connectivity index (χ0n) is 17.6. The van der Waals surface area contributed by atoms with E-state index in [9.17, 15) is 14.7 Å². The second kappa shape index (κ2) is 10.4. The number of anilines is 1. The van der Waals surface area contributed by atoms with E-state index in [1.165, 1.54) is 0 Å². The van der Waals surface area contributed by atoms with Crippen molar-refractivity contribution in [2.75, 3.05) is 26.1 Å². The highest BCUT2D eigenvalue weighted by molar-refractivity contribution is 5.96. The first-order valence-corrected chi connectivity index (χ1v) is 10.0. The summed E-state index contributed by atoms with van der Waals surface area (Å²) in [7, 11) is 3.13. The molecule has 162 valence electrons. The van der Waals surface area contributed by atoms with Crippen molar-refractivity contribution < 1.29 is 29.5 Å². The minimum atomic E-state index is -1.26. The van der Waals surface area contributed by atoms with E-state index in [-0.39, 0.29) is 12.3 Å². The maximum Gasteiger partial charge on any atom is 0.230 e. The van der Waals surface area contributed by atoms with Crippen LogP contribution in [0, 0.1) is 0 Å². The van der Waals surface area contributed by atoms with Crippen LogP contribution < -0.4 is 25.2 Å². The second-order valence-corrected chi connectivity index (χ2v) is 7.20. The van der Waals surface area contributed by atoms with Crippen molar-refractivity contribution in [3.05, 3.63) is 66.2 Å². The molecule has 3 aromatic carbocycles. The van der Waals surface area contributed by atoms with Crippen LogP contribution in [0.15, 0.2) is 60.7 Å². The summed E-state index contributed by atoms with van der Waals surface area (Å²) in [6, 6.07) is 18.0. The van der Waals surface area contributed by atoms with Crippen LogP contribution in [-0.2, 0) is 16.0 Å². The third-order valence-electron chi connectivity index (χ3n) is 5.07. The number of amides is 1. The standard InChI is InChI=1S/C24H26N2O5/c1-30-21-10-7-16(13-22(21)31-2)11-12-25-20(24(28)29)15-23(27)26-19-9-8-17-5-3-4-6-18(17)14-19/h3-10,13-14,20,25H,11-12,15H2,1-2H3,(H,26,27)(H,28,29)/t20-/m1/s1. The van der Waals surface area contributed by atoms with Crippen LogP contribution in [0.25, 0.3) is 10.8 Å². The highest BCUT2D eigenvalue weighted by Crippen LogP contribution is 2.27. The van der Waals surface area contributed by atoms with Gasteiger partial charge in [-0.25, -0.2) is 0 Å². The molecule has 0 fully saturated rings. The summed E-state index contributed by atoms with van der Waals surface area (Å²) >= 11 is 0. The number of nitrogens with one attached hydrogen (secondary N) is 1. The number of benzene rings is 3. The summed E-state index contributed by atoms with van der Waals surface area (Å²) in [4.78, 5) is 23.9. The lowest BCUT2D eigenvalue weighted by Gasteiger charge is -2.17. The normalized spacial score (nSPS) is 11.7. The molecule has 0 aliphatic heterocycles. The molecule has 0 aromatic heterocycles. The van der Waals surface area contributed by atoms with Crippen LogP contribution in [0.5, 0.6) is 11.5 Å². The number of carboxylic acid groups (broad SMARTS) is 1. The smallest absolute Gasteiger partial charge is 0.230 e. The van der Waals surface area contributed by atoms with E-state index in [2.05, 4.69) is 5.32 Å². The van der Waals surface area contributed by atoms with Gasteiger partial charge in [-0.05, 0) is 40.6 Å². The van der Waals surface area contributed by atoms with Gasteiger partial charge in [0, 0.05) is 12.1 Å². The number of hydrogen-bond acceptors (Lipinski definition) is 5. The summed E-state index contributed by atoms with van der Waals surface area (Å²) in [5.41, 5.74) is 1.61. The van der Waals surface area contributed by atoms with Gasteiger partial charge in [-0.3, -0.25) is 4.79 Å². The maximum atomic E-state index is 12.4. The molecule has 3 N–H and O–H groups in total. The molecule has 3 rings (SSSR count). The van der Waals surface area contributed by atoms with Crippen LogP contribution in [0.3, 0.4) is 0 Å². The lowest BCUT2D eigenvalue weighted by Crippen LogP contribution is -2.93. The van der Waals surface area contributed by atoms with Gasteiger partial charge < -0.3 is 30.0 Å². The van der Waals surface area contributed by atoms with Crippen LogP contribution in [0.4, 0.5) is 5.69 Å². The number of quaternary nitrogens is 1. The molecule has 0 aliphatic rings. The van der Waals surface area contributed by atoms with Gasteiger partial charge in [0.1, 0.15) is 6.04 Å². The lowest BCUT2D eigenvalue weighted by molar-refractivity contribution is -0.682. The van der Waals surface area contributed by atoms with Gasteiger partial charge in [-0.15, -0.1) is 0 Å². The molecule has 0 unspecified atom stereocenters. The topological polar surface area (TPSA) is 104 Å². The monoisotopic (exact) mass is 422 g/mol. The van der Waals surface area contributed by atoms with Gasteiger partial charge in [0.15, 0.2) is 11.5 Å². The largest absolute Gasteiger partial charge is 0.544 e. The first-order chi connectivity index (χ1) is 15.0. The van der Waals surface area contributed by atoms with Crippen LogP contribution >= 0.6 is 0 Å². The number of ether oxygens (including phenoxy) is 2. The molecule has 1 amide bonds. The van der Waals surface area contributed by atoms with E-state index in [0.29, 0.717) is 30.2 Å². The molecule has 1 atom stereocenters. The van der Waals surface area contributed by atoms with Crippen molar-refractivity contribution in [1.82, 2.24) is 0 Å². The Morgan fingerprint density at radius 2 is 1.71 bits per heavy atom. The molecule has 31 heavy (non-hydrogen) atoms. The maximum absolute atomic E-state index is 12.4. The Kier molecular flexibility index (Phi) is 7.45. The molecule has 0 spiro atoms. The second-order valence-electron chi connectivity index (χ2n) is 7.20. The fourth-order valence-corrected chi connectivity index (χ4v) is 3.43. The number of carboxylic acids is 1. The summed E-state index contributed by atoms with van der Waals surface area (Å²) in [6.07, 6.45) is 0.428. The molecular weight excluding hydrogens is 396 g/mol. The fraction of sp³-hybridized carbons (Fsp3) is 0.250. The minimum Gasteiger partial charge on any atom is -0.544 e. The van der Waals surface area contributed by atoms with Crippen LogP contribution in [-0.4, -0.2) is 38.7 Å². The molecule has 0 radical (unpaired) electrons. The third kappa shape index (κ3) is 5.96. The molecule has 7 heteroatoms. The third-order valence-corrected chi connectivity index (χ3v) is 5.07. The molecule has 3 aromatic rings. The van der Waals surface area contributed by atoms with E-state index in [1.807, 2.05) is 48.5 Å². The minimum absolute atomic E-state index is 0.179. The Morgan fingerprint density at radius 3 is 2.42 bits per heavy atom. The van der Waals surface area contributed by atoms with Crippen LogP contribution in [0.2, 0.25) is 0 Å². The first kappa shape index (κ1) is 22.1. The van der Waals surface area contributed by atoms with Crippen molar-refractivity contribution in [2.45, 2.75) is 18.9 Å². The zero-order valence-corrected chi connectivity index (χ0v) is 17.6. The number of fused-ring (bicyclic) bond motifs is 1. The van der Waals surface area contributed by atoms with Gasteiger partial charge in [0.05, 0.1) is 33.2 Å². The fourth-order valence-electron chi connectivity index (χ4n) is 3.43. The number of hydrogen-bond donors (Lipinski definition) is 2. The molecule has 7 nitrogen and oxygen atoms in total. The number of nitrogens with two attached hydrogens (primary N) is 1. The van der Waals surface area contributed by atoms with E-state index >= 15 is 0 Å². The van der Waals surface area contributed by atoms with Crippen molar-refractivity contribution in [3.8, 4) is 11.5 Å². The molecule has 0 saturated carbocycles. The number of methoxy groups -OCH3 is 2. The van der Waals surface area contributed by atoms with Gasteiger partial charge in [0.2, 0.25) is 5.91 Å². The van der Waals surface area contributed by atoms with Crippen molar-refractivity contribution in [2.24, 2.45) is 0 Å². The van der Waals surface area contributed by atoms with Crippen LogP contribution in [0.1, 0.15) is 12.0 Å². The van der Waals surface area contributed by atoms with E-state index in [1.54, 1.807) is 31.7 Å². The van der Waals surface area contributed by atoms with Gasteiger partial charge in [-0.1, -0.05) is 36.4 Å².